The summed E-state index contributed by atoms with van der Waals surface area (Å²) in [6, 6.07) is 1.70. The lowest BCUT2D eigenvalue weighted by molar-refractivity contribution is 0.0762. The van der Waals surface area contributed by atoms with Gasteiger partial charge in [0, 0.05) is 37.7 Å². The molecule has 4 rings (SSSR count). The minimum Gasteiger partial charge on any atom is -0.381 e. The standard InChI is InChI=1S/C17H19N5O2/c23-17(12-1-5-20-21-9-12)22-6-2-14-15(3-7-22)18-11-19-16(14)13-4-8-24-10-13/h1,5,9,11,13H,2-4,6-8,10H2/t13-/m1/s1. The van der Waals surface area contributed by atoms with Gasteiger partial charge in [0.05, 0.1) is 30.3 Å². The molecular weight excluding hydrogens is 306 g/mol. The van der Waals surface area contributed by atoms with Crippen LogP contribution in [0.15, 0.2) is 24.8 Å². The first-order valence-corrected chi connectivity index (χ1v) is 8.29. The Balaban J connectivity index is 1.56. The first-order chi connectivity index (χ1) is 11.8. The van der Waals surface area contributed by atoms with Gasteiger partial charge < -0.3 is 9.64 Å². The summed E-state index contributed by atoms with van der Waals surface area (Å²) in [6.45, 7) is 2.85. The Morgan fingerprint density at radius 1 is 1.21 bits per heavy atom. The van der Waals surface area contributed by atoms with Crippen LogP contribution in [0.5, 0.6) is 0 Å². The van der Waals surface area contributed by atoms with Gasteiger partial charge in [-0.25, -0.2) is 9.97 Å². The fraction of sp³-hybridized carbons (Fsp3) is 0.471. The molecule has 2 aromatic rings. The fourth-order valence-electron chi connectivity index (χ4n) is 3.46. The van der Waals surface area contributed by atoms with E-state index in [9.17, 15) is 4.79 Å². The molecule has 2 aliphatic heterocycles. The summed E-state index contributed by atoms with van der Waals surface area (Å²) in [6.07, 6.45) is 7.26. The molecule has 0 bridgehead atoms. The van der Waals surface area contributed by atoms with E-state index >= 15 is 0 Å². The Morgan fingerprint density at radius 3 is 2.92 bits per heavy atom. The Morgan fingerprint density at radius 2 is 2.12 bits per heavy atom. The van der Waals surface area contributed by atoms with Crippen molar-refractivity contribution < 1.29 is 9.53 Å². The fourth-order valence-corrected chi connectivity index (χ4v) is 3.46. The Hall–Kier alpha value is -2.41. The number of hydrogen-bond donors (Lipinski definition) is 0. The first-order valence-electron chi connectivity index (χ1n) is 8.29. The maximum atomic E-state index is 12.6. The van der Waals surface area contributed by atoms with Crippen molar-refractivity contribution in [2.24, 2.45) is 0 Å². The average molecular weight is 325 g/mol. The molecule has 7 heteroatoms. The molecule has 2 aliphatic rings. The predicted octanol–water partition coefficient (Wildman–Crippen LogP) is 1.01. The number of ether oxygens (including phenoxy) is 1. The summed E-state index contributed by atoms with van der Waals surface area (Å²) in [5.74, 6) is 0.352. The second kappa shape index (κ2) is 6.60. The van der Waals surface area contributed by atoms with Crippen LogP contribution in [-0.4, -0.2) is 57.3 Å². The maximum absolute atomic E-state index is 12.6. The van der Waals surface area contributed by atoms with E-state index < -0.39 is 0 Å². The van der Waals surface area contributed by atoms with Crippen LogP contribution in [0, 0.1) is 0 Å². The van der Waals surface area contributed by atoms with E-state index in [-0.39, 0.29) is 5.91 Å². The van der Waals surface area contributed by atoms with Crippen molar-refractivity contribution in [3.8, 4) is 0 Å². The van der Waals surface area contributed by atoms with Crippen LogP contribution in [-0.2, 0) is 17.6 Å². The molecule has 0 radical (unpaired) electrons. The molecule has 0 N–H and O–H groups in total. The van der Waals surface area contributed by atoms with Crippen molar-refractivity contribution in [3.63, 3.8) is 0 Å². The molecule has 0 spiro atoms. The second-order valence-electron chi connectivity index (χ2n) is 6.17. The van der Waals surface area contributed by atoms with Crippen molar-refractivity contribution >= 4 is 5.91 Å². The minimum atomic E-state index is -0.00332. The second-order valence-corrected chi connectivity index (χ2v) is 6.17. The molecule has 7 nitrogen and oxygen atoms in total. The van der Waals surface area contributed by atoms with Crippen LogP contribution >= 0.6 is 0 Å². The smallest absolute Gasteiger partial charge is 0.255 e. The van der Waals surface area contributed by atoms with E-state index in [1.165, 1.54) is 11.8 Å². The third-order valence-electron chi connectivity index (χ3n) is 4.75. The molecule has 124 valence electrons. The third-order valence-corrected chi connectivity index (χ3v) is 4.75. The quantitative estimate of drug-likeness (QED) is 0.820. The number of fused-ring (bicyclic) bond motifs is 1. The van der Waals surface area contributed by atoms with Crippen LogP contribution in [0.25, 0.3) is 0 Å². The van der Waals surface area contributed by atoms with Crippen molar-refractivity contribution in [2.45, 2.75) is 25.2 Å². The molecule has 1 atom stereocenters. The van der Waals surface area contributed by atoms with Gasteiger partial charge in [-0.2, -0.15) is 10.2 Å². The van der Waals surface area contributed by atoms with E-state index in [4.69, 9.17) is 4.74 Å². The predicted molar refractivity (Wildman–Crippen MR) is 85.6 cm³/mol. The number of nitrogens with zero attached hydrogens (tertiary/aromatic N) is 5. The zero-order valence-electron chi connectivity index (χ0n) is 13.4. The molecular formula is C17H19N5O2. The van der Waals surface area contributed by atoms with Crippen LogP contribution in [0.1, 0.15) is 39.6 Å². The van der Waals surface area contributed by atoms with Gasteiger partial charge >= 0.3 is 0 Å². The summed E-state index contributed by atoms with van der Waals surface area (Å²) in [4.78, 5) is 23.5. The van der Waals surface area contributed by atoms with Crippen LogP contribution in [0.2, 0.25) is 0 Å². The van der Waals surface area contributed by atoms with Crippen molar-refractivity contribution in [3.05, 3.63) is 47.3 Å². The molecule has 0 unspecified atom stereocenters. The largest absolute Gasteiger partial charge is 0.381 e. The van der Waals surface area contributed by atoms with E-state index in [0.29, 0.717) is 24.6 Å². The van der Waals surface area contributed by atoms with Crippen molar-refractivity contribution in [2.75, 3.05) is 26.3 Å². The zero-order valence-corrected chi connectivity index (χ0v) is 13.4. The number of carbonyl (C=O) groups excluding carboxylic acids is 1. The van der Waals surface area contributed by atoms with E-state index in [1.807, 2.05) is 4.90 Å². The lowest BCUT2D eigenvalue weighted by Gasteiger charge is -2.20. The number of aromatic nitrogens is 4. The molecule has 0 aromatic carbocycles. The summed E-state index contributed by atoms with van der Waals surface area (Å²) in [5, 5.41) is 7.52. The molecule has 0 aliphatic carbocycles. The Bertz CT molecular complexity index is 731. The monoisotopic (exact) mass is 325 g/mol. The van der Waals surface area contributed by atoms with Gasteiger partial charge in [-0.15, -0.1) is 0 Å². The summed E-state index contributed by atoms with van der Waals surface area (Å²) >= 11 is 0. The van der Waals surface area contributed by atoms with Gasteiger partial charge in [-0.05, 0) is 24.5 Å². The number of rotatable bonds is 2. The van der Waals surface area contributed by atoms with E-state index in [0.717, 1.165) is 43.9 Å². The lowest BCUT2D eigenvalue weighted by atomic mass is 9.96. The zero-order chi connectivity index (χ0) is 16.4. The highest BCUT2D eigenvalue weighted by atomic mass is 16.5. The summed E-state index contributed by atoms with van der Waals surface area (Å²) in [5.41, 5.74) is 3.95. The normalized spacial score (nSPS) is 20.5. The van der Waals surface area contributed by atoms with Crippen molar-refractivity contribution in [1.29, 1.82) is 0 Å². The van der Waals surface area contributed by atoms with Crippen LogP contribution in [0.4, 0.5) is 0 Å². The van der Waals surface area contributed by atoms with Crippen molar-refractivity contribution in [1.82, 2.24) is 25.1 Å². The highest BCUT2D eigenvalue weighted by Crippen LogP contribution is 2.29. The number of carbonyl (C=O) groups is 1. The molecule has 2 aromatic heterocycles. The first kappa shape index (κ1) is 15.1. The van der Waals surface area contributed by atoms with Gasteiger partial charge in [0.1, 0.15) is 6.33 Å². The molecule has 24 heavy (non-hydrogen) atoms. The molecule has 4 heterocycles. The SMILES string of the molecule is O=C(c1ccnnc1)N1CCc2ncnc([C@@H]3CCOC3)c2CC1. The molecule has 1 amide bonds. The average Bonchev–Trinajstić information content (AvgIpc) is 3.08. The van der Waals surface area contributed by atoms with Gasteiger partial charge in [0.15, 0.2) is 0 Å². The van der Waals surface area contributed by atoms with Gasteiger partial charge in [-0.3, -0.25) is 4.79 Å². The third kappa shape index (κ3) is 2.87. The van der Waals surface area contributed by atoms with E-state index in [1.54, 1.807) is 18.6 Å². The van der Waals surface area contributed by atoms with Crippen LogP contribution in [0.3, 0.4) is 0 Å². The van der Waals surface area contributed by atoms with Gasteiger partial charge in [0.25, 0.3) is 5.91 Å². The van der Waals surface area contributed by atoms with Crippen LogP contribution < -0.4 is 0 Å². The summed E-state index contributed by atoms with van der Waals surface area (Å²) in [7, 11) is 0. The lowest BCUT2D eigenvalue weighted by Crippen LogP contribution is -2.33. The Kier molecular flexibility index (Phi) is 4.17. The Labute approximate surface area is 140 Å². The highest BCUT2D eigenvalue weighted by Gasteiger charge is 2.27. The minimum absolute atomic E-state index is 0.00332. The highest BCUT2D eigenvalue weighted by molar-refractivity contribution is 5.93. The topological polar surface area (TPSA) is 81.1 Å². The molecule has 0 saturated carbocycles. The number of hydrogen-bond acceptors (Lipinski definition) is 6. The van der Waals surface area contributed by atoms with Gasteiger partial charge in [0.2, 0.25) is 0 Å². The van der Waals surface area contributed by atoms with Gasteiger partial charge in [-0.1, -0.05) is 0 Å². The molecule has 1 fully saturated rings. The van der Waals surface area contributed by atoms with E-state index in [2.05, 4.69) is 20.2 Å². The summed E-state index contributed by atoms with van der Waals surface area (Å²) < 4.78 is 5.51. The number of amides is 1. The maximum Gasteiger partial charge on any atom is 0.255 e. The molecule has 1 saturated heterocycles.